The molecular formula is C21H24F6N4O2S. The van der Waals surface area contributed by atoms with E-state index in [9.17, 15) is 34.8 Å². The van der Waals surface area contributed by atoms with E-state index in [1.54, 1.807) is 4.90 Å². The van der Waals surface area contributed by atoms with Gasteiger partial charge >= 0.3 is 21.7 Å². The highest BCUT2D eigenvalue weighted by molar-refractivity contribution is 7.89. The SMILES string of the molecule is O=S(=O)(N1Cc2cc(C(F)(F)F)ccc2N(Cc2cnc[nH]2)C(C2CCCCC2)C1)C(F)(F)F. The number of nitrogens with one attached hydrogen (secondary N) is 1. The van der Waals surface area contributed by atoms with Gasteiger partial charge < -0.3 is 9.88 Å². The molecule has 4 rings (SSSR count). The number of aromatic nitrogens is 2. The summed E-state index contributed by atoms with van der Waals surface area (Å²) in [6.45, 7) is -1.14. The molecule has 6 nitrogen and oxygen atoms in total. The predicted molar refractivity (Wildman–Crippen MR) is 112 cm³/mol. The maximum Gasteiger partial charge on any atom is 0.511 e. The fourth-order valence-electron chi connectivity index (χ4n) is 4.92. The largest absolute Gasteiger partial charge is 0.511 e. The molecule has 0 amide bonds. The number of rotatable bonds is 4. The normalized spacial score (nSPS) is 21.4. The Labute approximate surface area is 193 Å². The third-order valence-electron chi connectivity index (χ3n) is 6.58. The van der Waals surface area contributed by atoms with Crippen molar-refractivity contribution in [2.24, 2.45) is 5.92 Å². The van der Waals surface area contributed by atoms with Gasteiger partial charge in [0.05, 0.1) is 24.1 Å². The number of aromatic amines is 1. The van der Waals surface area contributed by atoms with E-state index in [0.29, 0.717) is 18.5 Å². The highest BCUT2D eigenvalue weighted by atomic mass is 32.2. The number of hydrogen-bond acceptors (Lipinski definition) is 4. The highest BCUT2D eigenvalue weighted by Gasteiger charge is 2.52. The molecule has 2 heterocycles. The first kappa shape index (κ1) is 24.8. The van der Waals surface area contributed by atoms with Crippen molar-refractivity contribution < 1.29 is 34.8 Å². The summed E-state index contributed by atoms with van der Waals surface area (Å²) < 4.78 is 106. The monoisotopic (exact) mass is 510 g/mol. The van der Waals surface area contributed by atoms with Crippen LogP contribution in [0.3, 0.4) is 0 Å². The van der Waals surface area contributed by atoms with Crippen LogP contribution in [0, 0.1) is 5.92 Å². The zero-order valence-electron chi connectivity index (χ0n) is 18.0. The second-order valence-corrected chi connectivity index (χ2v) is 10.7. The standard InChI is InChI=1S/C21H24F6N4O2S/c22-20(23,24)16-6-7-18-15(8-16)10-30(34(32,33)21(25,26)27)12-19(14-4-2-1-3-5-14)31(18)11-17-9-28-13-29-17/h6-9,13-14,19H,1-5,10-12H2,(H,28,29). The summed E-state index contributed by atoms with van der Waals surface area (Å²) in [5.41, 5.74) is -5.84. The van der Waals surface area contributed by atoms with Gasteiger partial charge in [-0.25, -0.2) is 13.4 Å². The summed E-state index contributed by atoms with van der Waals surface area (Å²) in [6, 6.07) is 2.20. The Morgan fingerprint density at radius 3 is 2.35 bits per heavy atom. The Balaban J connectivity index is 1.86. The fourth-order valence-corrected chi connectivity index (χ4v) is 5.87. The molecule has 1 atom stereocenters. The van der Waals surface area contributed by atoms with E-state index in [-0.39, 0.29) is 28.0 Å². The molecule has 0 bridgehead atoms. The molecule has 2 aromatic rings. The van der Waals surface area contributed by atoms with Crippen LogP contribution in [-0.2, 0) is 29.3 Å². The number of hydrogen-bond donors (Lipinski definition) is 1. The zero-order chi connectivity index (χ0) is 24.7. The highest BCUT2D eigenvalue weighted by Crippen LogP contribution is 2.41. The lowest BCUT2D eigenvalue weighted by Gasteiger charge is -2.40. The van der Waals surface area contributed by atoms with Crippen LogP contribution in [0.1, 0.15) is 48.9 Å². The van der Waals surface area contributed by atoms with Gasteiger partial charge in [0.1, 0.15) is 0 Å². The Kier molecular flexibility index (Phi) is 6.62. The molecule has 0 saturated heterocycles. The zero-order valence-corrected chi connectivity index (χ0v) is 18.8. The van der Waals surface area contributed by atoms with Gasteiger partial charge in [0.15, 0.2) is 0 Å². The average molecular weight is 511 g/mol. The number of benzene rings is 1. The second kappa shape index (κ2) is 9.06. The number of alkyl halides is 6. The van der Waals surface area contributed by atoms with E-state index in [2.05, 4.69) is 9.97 Å². The third-order valence-corrected chi connectivity index (χ3v) is 8.12. The predicted octanol–water partition coefficient (Wildman–Crippen LogP) is 5.05. The van der Waals surface area contributed by atoms with Crippen molar-refractivity contribution >= 4 is 15.7 Å². The van der Waals surface area contributed by atoms with Crippen molar-refractivity contribution in [3.8, 4) is 0 Å². The maximum absolute atomic E-state index is 13.5. The number of imidazole rings is 1. The van der Waals surface area contributed by atoms with Crippen LogP contribution in [0.25, 0.3) is 0 Å². The topological polar surface area (TPSA) is 69.3 Å². The van der Waals surface area contributed by atoms with E-state index in [4.69, 9.17) is 0 Å². The molecule has 0 radical (unpaired) electrons. The first-order valence-electron chi connectivity index (χ1n) is 10.9. The van der Waals surface area contributed by atoms with Crippen molar-refractivity contribution in [3.63, 3.8) is 0 Å². The maximum atomic E-state index is 13.5. The number of sulfonamides is 1. The molecular weight excluding hydrogens is 486 g/mol. The average Bonchev–Trinajstić information content (AvgIpc) is 3.21. The Morgan fingerprint density at radius 1 is 1.06 bits per heavy atom. The van der Waals surface area contributed by atoms with E-state index in [1.807, 2.05) is 0 Å². The molecule has 0 spiro atoms. The summed E-state index contributed by atoms with van der Waals surface area (Å²) >= 11 is 0. The van der Waals surface area contributed by atoms with E-state index in [0.717, 1.165) is 31.4 Å². The minimum absolute atomic E-state index is 0.115. The molecule has 1 aromatic carbocycles. The van der Waals surface area contributed by atoms with Gasteiger partial charge in [0.2, 0.25) is 0 Å². The molecule has 1 aliphatic heterocycles. The van der Waals surface area contributed by atoms with Crippen molar-refractivity contribution in [1.82, 2.24) is 14.3 Å². The fraction of sp³-hybridized carbons (Fsp3) is 0.571. The number of H-pyrrole nitrogens is 1. The van der Waals surface area contributed by atoms with E-state index < -0.39 is 46.4 Å². The molecule has 34 heavy (non-hydrogen) atoms. The van der Waals surface area contributed by atoms with E-state index >= 15 is 0 Å². The first-order valence-corrected chi connectivity index (χ1v) is 12.3. The molecule has 1 N–H and O–H groups in total. The van der Waals surface area contributed by atoms with Gasteiger partial charge in [0, 0.05) is 31.0 Å². The van der Waals surface area contributed by atoms with E-state index in [1.165, 1.54) is 18.6 Å². The minimum Gasteiger partial charge on any atom is -0.361 e. The Morgan fingerprint density at radius 2 is 1.76 bits per heavy atom. The summed E-state index contributed by atoms with van der Waals surface area (Å²) in [5.74, 6) is -0.115. The van der Waals surface area contributed by atoms with Crippen LogP contribution in [0.5, 0.6) is 0 Å². The van der Waals surface area contributed by atoms with Gasteiger partial charge in [-0.2, -0.15) is 30.6 Å². The van der Waals surface area contributed by atoms with Crippen molar-refractivity contribution in [3.05, 3.63) is 47.5 Å². The molecule has 1 saturated carbocycles. The number of halogens is 6. The summed E-state index contributed by atoms with van der Waals surface area (Å²) in [6.07, 6.45) is 2.29. The molecule has 1 aliphatic carbocycles. The van der Waals surface area contributed by atoms with Gasteiger partial charge in [-0.3, -0.25) is 0 Å². The lowest BCUT2D eigenvalue weighted by atomic mass is 9.83. The lowest BCUT2D eigenvalue weighted by molar-refractivity contribution is -0.137. The Hall–Kier alpha value is -2.28. The number of fused-ring (bicyclic) bond motifs is 1. The van der Waals surface area contributed by atoms with Gasteiger partial charge in [-0.15, -0.1) is 0 Å². The lowest BCUT2D eigenvalue weighted by Crippen LogP contribution is -2.50. The molecule has 188 valence electrons. The summed E-state index contributed by atoms with van der Waals surface area (Å²) in [5, 5.41) is 0. The molecule has 2 aliphatic rings. The van der Waals surface area contributed by atoms with Gasteiger partial charge in [-0.1, -0.05) is 19.3 Å². The van der Waals surface area contributed by atoms with Crippen molar-refractivity contribution in [1.29, 1.82) is 0 Å². The van der Waals surface area contributed by atoms with Crippen LogP contribution in [-0.4, -0.2) is 40.8 Å². The number of anilines is 1. The van der Waals surface area contributed by atoms with Crippen LogP contribution < -0.4 is 4.90 Å². The van der Waals surface area contributed by atoms with Crippen LogP contribution >= 0.6 is 0 Å². The smallest absolute Gasteiger partial charge is 0.361 e. The molecule has 1 aromatic heterocycles. The van der Waals surface area contributed by atoms with Crippen LogP contribution in [0.15, 0.2) is 30.7 Å². The first-order chi connectivity index (χ1) is 15.9. The third kappa shape index (κ3) is 4.90. The van der Waals surface area contributed by atoms with Crippen molar-refractivity contribution in [2.45, 2.75) is 62.9 Å². The van der Waals surface area contributed by atoms with Crippen LogP contribution in [0.2, 0.25) is 0 Å². The summed E-state index contributed by atoms with van der Waals surface area (Å²) in [4.78, 5) is 8.61. The second-order valence-electron chi connectivity index (χ2n) is 8.75. The molecule has 13 heteroatoms. The van der Waals surface area contributed by atoms with Gasteiger partial charge in [-0.05, 0) is 42.5 Å². The molecule has 1 unspecified atom stereocenters. The quantitative estimate of drug-likeness (QED) is 0.585. The summed E-state index contributed by atoms with van der Waals surface area (Å²) in [7, 11) is -5.77. The van der Waals surface area contributed by atoms with Crippen LogP contribution in [0.4, 0.5) is 32.0 Å². The Bertz CT molecular complexity index is 1100. The number of nitrogens with zero attached hydrogens (tertiary/aromatic N) is 3. The van der Waals surface area contributed by atoms with Crippen molar-refractivity contribution in [2.75, 3.05) is 11.4 Å². The van der Waals surface area contributed by atoms with Gasteiger partial charge in [0.25, 0.3) is 0 Å². The minimum atomic E-state index is -5.77. The molecule has 1 fully saturated rings.